The van der Waals surface area contributed by atoms with E-state index in [2.05, 4.69) is 4.99 Å². The van der Waals surface area contributed by atoms with E-state index in [0.717, 1.165) is 22.7 Å². The summed E-state index contributed by atoms with van der Waals surface area (Å²) in [5.41, 5.74) is 7.87. The van der Waals surface area contributed by atoms with Crippen LogP contribution in [0, 0.1) is 6.92 Å². The number of aliphatic imine (C=N–C) groups is 1. The van der Waals surface area contributed by atoms with Gasteiger partial charge in [-0.1, -0.05) is 6.07 Å². The molecular formula is C14H14N2O2. The van der Waals surface area contributed by atoms with E-state index in [1.165, 1.54) is 0 Å². The van der Waals surface area contributed by atoms with E-state index in [1.54, 1.807) is 6.08 Å². The number of benzene rings is 1. The zero-order valence-corrected chi connectivity index (χ0v) is 10.4. The highest BCUT2D eigenvalue weighted by molar-refractivity contribution is 6.17. The molecule has 1 aromatic rings. The van der Waals surface area contributed by atoms with Crippen molar-refractivity contribution in [3.8, 4) is 5.75 Å². The van der Waals surface area contributed by atoms with Gasteiger partial charge in [0.2, 0.25) is 0 Å². The molecule has 1 aromatic carbocycles. The Kier molecular flexibility index (Phi) is 2.11. The van der Waals surface area contributed by atoms with Crippen molar-refractivity contribution in [2.45, 2.75) is 25.9 Å². The van der Waals surface area contributed by atoms with Crippen LogP contribution in [0.25, 0.3) is 0 Å². The summed E-state index contributed by atoms with van der Waals surface area (Å²) in [5.74, 6) is 0.635. The number of rotatable bonds is 0. The number of nitrogens with zero attached hydrogens (tertiary/aromatic N) is 1. The summed E-state index contributed by atoms with van der Waals surface area (Å²) in [7, 11) is 0. The van der Waals surface area contributed by atoms with Gasteiger partial charge in [0.05, 0.1) is 17.8 Å². The monoisotopic (exact) mass is 242 g/mol. The molecule has 4 nitrogen and oxygen atoms in total. The molecule has 4 heteroatoms. The van der Waals surface area contributed by atoms with E-state index in [4.69, 9.17) is 10.5 Å². The van der Waals surface area contributed by atoms with Crippen LogP contribution in [-0.4, -0.2) is 17.1 Å². The van der Waals surface area contributed by atoms with Crippen LogP contribution in [-0.2, 0) is 4.79 Å². The molecule has 2 N–H and O–H groups in total. The van der Waals surface area contributed by atoms with Gasteiger partial charge in [0.15, 0.2) is 11.4 Å². The van der Waals surface area contributed by atoms with Gasteiger partial charge in [-0.05, 0) is 37.6 Å². The van der Waals surface area contributed by atoms with E-state index in [-0.39, 0.29) is 17.9 Å². The first-order chi connectivity index (χ1) is 8.48. The van der Waals surface area contributed by atoms with Crippen LogP contribution in [0.2, 0.25) is 0 Å². The normalized spacial score (nSPS) is 25.6. The van der Waals surface area contributed by atoms with Crippen LogP contribution >= 0.6 is 0 Å². The summed E-state index contributed by atoms with van der Waals surface area (Å²) in [6.07, 6.45) is 1.88. The quantitative estimate of drug-likeness (QED) is 0.757. The Hall–Kier alpha value is -2.10. The Balaban J connectivity index is 2.16. The van der Waals surface area contributed by atoms with Crippen molar-refractivity contribution >= 4 is 17.2 Å². The van der Waals surface area contributed by atoms with Gasteiger partial charge in [0.25, 0.3) is 0 Å². The average Bonchev–Trinajstić information content (AvgIpc) is 2.29. The second-order valence-electron chi connectivity index (χ2n) is 4.94. The number of hydrogen-bond donors (Lipinski definition) is 1. The maximum absolute atomic E-state index is 11.6. The highest BCUT2D eigenvalue weighted by Crippen LogP contribution is 2.39. The molecule has 0 fully saturated rings. The summed E-state index contributed by atoms with van der Waals surface area (Å²) in [6, 6.07) is 5.83. The molecule has 0 saturated carbocycles. The topological polar surface area (TPSA) is 64.7 Å². The summed E-state index contributed by atoms with van der Waals surface area (Å²) in [6.45, 7) is 3.88. The Morgan fingerprint density at radius 2 is 2.22 bits per heavy atom. The van der Waals surface area contributed by atoms with Gasteiger partial charge in [-0.2, -0.15) is 0 Å². The van der Waals surface area contributed by atoms with Gasteiger partial charge in [-0.15, -0.1) is 0 Å². The van der Waals surface area contributed by atoms with Crippen molar-refractivity contribution in [3.63, 3.8) is 0 Å². The molecule has 0 radical (unpaired) electrons. The van der Waals surface area contributed by atoms with Crippen molar-refractivity contribution in [2.24, 2.45) is 10.7 Å². The first kappa shape index (κ1) is 11.0. The molecule has 1 unspecified atom stereocenters. The third-order valence-corrected chi connectivity index (χ3v) is 3.35. The number of ether oxygens (including phenoxy) is 1. The SMILES string of the molecule is Cc1ccc2c(c1)N=C1CC(=O)C(N)=CC1(C)O2. The summed E-state index contributed by atoms with van der Waals surface area (Å²) in [5, 5.41) is 0. The van der Waals surface area contributed by atoms with E-state index in [0.29, 0.717) is 0 Å². The Morgan fingerprint density at radius 3 is 3.00 bits per heavy atom. The molecule has 2 aliphatic rings. The Morgan fingerprint density at radius 1 is 1.44 bits per heavy atom. The maximum Gasteiger partial charge on any atom is 0.184 e. The fourth-order valence-corrected chi connectivity index (χ4v) is 2.30. The van der Waals surface area contributed by atoms with Crippen molar-refractivity contribution in [2.75, 3.05) is 0 Å². The van der Waals surface area contributed by atoms with Gasteiger partial charge >= 0.3 is 0 Å². The van der Waals surface area contributed by atoms with Crippen LogP contribution in [0.15, 0.2) is 35.0 Å². The van der Waals surface area contributed by atoms with Crippen LogP contribution in [0.5, 0.6) is 5.75 Å². The number of hydrogen-bond acceptors (Lipinski definition) is 4. The maximum atomic E-state index is 11.6. The third-order valence-electron chi connectivity index (χ3n) is 3.35. The van der Waals surface area contributed by atoms with Gasteiger partial charge in [-0.3, -0.25) is 4.79 Å². The Labute approximate surface area is 105 Å². The summed E-state index contributed by atoms with van der Waals surface area (Å²) < 4.78 is 5.96. The highest BCUT2D eigenvalue weighted by atomic mass is 16.5. The lowest BCUT2D eigenvalue weighted by Gasteiger charge is -2.36. The molecule has 92 valence electrons. The second-order valence-corrected chi connectivity index (χ2v) is 4.94. The summed E-state index contributed by atoms with van der Waals surface area (Å²) >= 11 is 0. The number of nitrogens with two attached hydrogens (primary N) is 1. The molecule has 0 aromatic heterocycles. The van der Waals surface area contributed by atoms with Crippen molar-refractivity contribution in [1.29, 1.82) is 0 Å². The molecule has 3 rings (SSSR count). The van der Waals surface area contributed by atoms with Crippen LogP contribution < -0.4 is 10.5 Å². The van der Waals surface area contributed by atoms with Crippen LogP contribution in [0.1, 0.15) is 18.9 Å². The first-order valence-corrected chi connectivity index (χ1v) is 5.87. The molecule has 18 heavy (non-hydrogen) atoms. The minimum absolute atomic E-state index is 0.0917. The van der Waals surface area contributed by atoms with Crippen LogP contribution in [0.3, 0.4) is 0 Å². The smallest absolute Gasteiger partial charge is 0.184 e. The number of allylic oxidation sites excluding steroid dienone is 1. The number of fused-ring (bicyclic) bond motifs is 2. The molecule has 0 spiro atoms. The average molecular weight is 242 g/mol. The second kappa shape index (κ2) is 3.45. The fourth-order valence-electron chi connectivity index (χ4n) is 2.30. The number of ketones is 1. The molecule has 0 bridgehead atoms. The predicted octanol–water partition coefficient (Wildman–Crippen LogP) is 2.03. The van der Waals surface area contributed by atoms with Crippen molar-refractivity contribution in [3.05, 3.63) is 35.5 Å². The standard InChI is InChI=1S/C14H14N2O2/c1-8-3-4-12-10(5-8)16-13-6-11(17)9(15)7-14(13,2)18-12/h3-5,7H,6,15H2,1-2H3. The van der Waals surface area contributed by atoms with Crippen molar-refractivity contribution in [1.82, 2.24) is 0 Å². The van der Waals surface area contributed by atoms with Crippen LogP contribution in [0.4, 0.5) is 5.69 Å². The number of carbonyl (C=O) groups is 1. The van der Waals surface area contributed by atoms with Gasteiger partial charge < -0.3 is 10.5 Å². The molecule has 1 heterocycles. The number of carbonyl (C=O) groups excluding carboxylic acids is 1. The molecule has 1 aliphatic carbocycles. The van der Waals surface area contributed by atoms with Gasteiger partial charge in [-0.25, -0.2) is 4.99 Å². The lowest BCUT2D eigenvalue weighted by Crippen LogP contribution is -2.46. The first-order valence-electron chi connectivity index (χ1n) is 5.87. The third kappa shape index (κ3) is 1.53. The summed E-state index contributed by atoms with van der Waals surface area (Å²) in [4.78, 5) is 16.2. The van der Waals surface area contributed by atoms with E-state index in [9.17, 15) is 4.79 Å². The molecule has 1 aliphatic heterocycles. The Bertz CT molecular complexity index is 616. The zero-order valence-electron chi connectivity index (χ0n) is 10.4. The van der Waals surface area contributed by atoms with Gasteiger partial charge in [0, 0.05) is 0 Å². The van der Waals surface area contributed by atoms with Crippen molar-refractivity contribution < 1.29 is 9.53 Å². The highest BCUT2D eigenvalue weighted by Gasteiger charge is 2.40. The largest absolute Gasteiger partial charge is 0.475 e. The van der Waals surface area contributed by atoms with E-state index < -0.39 is 5.60 Å². The minimum Gasteiger partial charge on any atom is -0.475 e. The molecule has 0 saturated heterocycles. The van der Waals surface area contributed by atoms with Gasteiger partial charge in [0.1, 0.15) is 11.4 Å². The molecule has 1 atom stereocenters. The molecular weight excluding hydrogens is 228 g/mol. The molecule has 0 amide bonds. The van der Waals surface area contributed by atoms with E-state index in [1.807, 2.05) is 32.0 Å². The predicted molar refractivity (Wildman–Crippen MR) is 69.2 cm³/mol. The fraction of sp³-hybridized carbons (Fsp3) is 0.286. The lowest BCUT2D eigenvalue weighted by atomic mass is 9.86. The zero-order chi connectivity index (χ0) is 12.9. The number of Topliss-reactive ketones (excluding diaryl/α,β-unsaturated/α-hetero) is 1. The lowest BCUT2D eigenvalue weighted by molar-refractivity contribution is -0.115. The number of aryl methyl sites for hydroxylation is 1. The van der Waals surface area contributed by atoms with E-state index >= 15 is 0 Å². The minimum atomic E-state index is -0.694.